The van der Waals surface area contributed by atoms with Crippen LogP contribution in [0.15, 0.2) is 65.6 Å². The fourth-order valence-electron chi connectivity index (χ4n) is 4.44. The van der Waals surface area contributed by atoms with Gasteiger partial charge in [0.25, 0.3) is 10.0 Å². The lowest BCUT2D eigenvalue weighted by molar-refractivity contribution is -0.139. The molecular formula is C30H36FN3O6S. The molecule has 0 aliphatic heterocycles. The summed E-state index contributed by atoms with van der Waals surface area (Å²) in [4.78, 5) is 27.8. The van der Waals surface area contributed by atoms with Crippen molar-refractivity contribution in [1.82, 2.24) is 10.2 Å². The van der Waals surface area contributed by atoms with E-state index in [2.05, 4.69) is 5.32 Å². The number of benzene rings is 3. The molecule has 1 N–H and O–H groups in total. The predicted octanol–water partition coefficient (Wildman–Crippen LogP) is 4.21. The molecule has 0 heterocycles. The van der Waals surface area contributed by atoms with E-state index in [4.69, 9.17) is 9.47 Å². The quantitative estimate of drug-likeness (QED) is 0.342. The number of halogens is 1. The van der Waals surface area contributed by atoms with Crippen LogP contribution in [0.1, 0.15) is 30.5 Å². The molecule has 1 unspecified atom stereocenters. The maximum absolute atomic E-state index is 14.6. The largest absolute Gasteiger partial charge is 0.493 e. The van der Waals surface area contributed by atoms with Crippen molar-refractivity contribution >= 4 is 27.5 Å². The maximum Gasteiger partial charge on any atom is 0.264 e. The Bertz CT molecular complexity index is 1490. The Morgan fingerprint density at radius 2 is 1.59 bits per heavy atom. The summed E-state index contributed by atoms with van der Waals surface area (Å²) in [6.07, 6.45) is 0. The summed E-state index contributed by atoms with van der Waals surface area (Å²) in [5.41, 5.74) is 2.04. The number of likely N-dealkylation sites (N-methyl/N-ethyl adjacent to an activating group) is 1. The Labute approximate surface area is 240 Å². The number of anilines is 1. The van der Waals surface area contributed by atoms with Gasteiger partial charge in [-0.25, -0.2) is 12.8 Å². The highest BCUT2D eigenvalue weighted by molar-refractivity contribution is 7.92. The standard InChI is InChI=1S/C30H36FN3O6S/c1-7-32-30(36)22(4)33(18-23-10-8-9-11-26(23)31)29(35)19-34(24-15-20(2)14-21(3)16-24)41(37,38)25-12-13-27(39-5)28(17-25)40-6/h8-17,22H,7,18-19H2,1-6H3,(H,32,36). The van der Waals surface area contributed by atoms with E-state index in [0.717, 1.165) is 15.4 Å². The normalized spacial score (nSPS) is 11.9. The van der Waals surface area contributed by atoms with Crippen LogP contribution in [0.5, 0.6) is 11.5 Å². The van der Waals surface area contributed by atoms with Crippen molar-refractivity contribution in [3.05, 3.63) is 83.2 Å². The van der Waals surface area contributed by atoms with E-state index in [1.165, 1.54) is 62.4 Å². The van der Waals surface area contributed by atoms with E-state index in [9.17, 15) is 22.4 Å². The van der Waals surface area contributed by atoms with Gasteiger partial charge in [0.15, 0.2) is 11.5 Å². The van der Waals surface area contributed by atoms with Gasteiger partial charge in [-0.05, 0) is 69.2 Å². The van der Waals surface area contributed by atoms with E-state index in [1.54, 1.807) is 25.1 Å². The molecule has 0 saturated carbocycles. The molecule has 0 spiro atoms. The van der Waals surface area contributed by atoms with Crippen molar-refractivity contribution in [2.45, 2.75) is 45.2 Å². The van der Waals surface area contributed by atoms with Gasteiger partial charge in [-0.3, -0.25) is 13.9 Å². The van der Waals surface area contributed by atoms with Crippen LogP contribution in [0.25, 0.3) is 0 Å². The summed E-state index contributed by atoms with van der Waals surface area (Å²) in [5, 5.41) is 2.68. The number of nitrogens with one attached hydrogen (secondary N) is 1. The third kappa shape index (κ3) is 7.35. The molecule has 2 amide bonds. The molecular weight excluding hydrogens is 549 g/mol. The van der Waals surface area contributed by atoms with Gasteiger partial charge in [0, 0.05) is 24.7 Å². The molecule has 11 heteroatoms. The van der Waals surface area contributed by atoms with Crippen LogP contribution in [0.4, 0.5) is 10.1 Å². The first kappa shape index (κ1) is 31.4. The Hall–Kier alpha value is -4.12. The zero-order chi connectivity index (χ0) is 30.3. The zero-order valence-corrected chi connectivity index (χ0v) is 24.9. The zero-order valence-electron chi connectivity index (χ0n) is 24.1. The Kier molecular flexibility index (Phi) is 10.3. The van der Waals surface area contributed by atoms with E-state index in [-0.39, 0.29) is 28.4 Å². The average molecular weight is 586 g/mol. The number of sulfonamides is 1. The smallest absolute Gasteiger partial charge is 0.264 e. The minimum absolute atomic E-state index is 0.125. The highest BCUT2D eigenvalue weighted by Crippen LogP contribution is 2.33. The number of ether oxygens (including phenoxy) is 2. The molecule has 0 fully saturated rings. The lowest BCUT2D eigenvalue weighted by Gasteiger charge is -2.32. The van der Waals surface area contributed by atoms with E-state index in [0.29, 0.717) is 12.3 Å². The van der Waals surface area contributed by atoms with Gasteiger partial charge in [-0.2, -0.15) is 0 Å². The third-order valence-corrected chi connectivity index (χ3v) is 8.30. The number of carbonyl (C=O) groups is 2. The average Bonchev–Trinajstić information content (AvgIpc) is 2.94. The van der Waals surface area contributed by atoms with Crippen molar-refractivity contribution < 1.29 is 31.9 Å². The van der Waals surface area contributed by atoms with Crippen molar-refractivity contribution in [3.8, 4) is 11.5 Å². The van der Waals surface area contributed by atoms with Crippen LogP contribution in [0.2, 0.25) is 0 Å². The Morgan fingerprint density at radius 1 is 0.951 bits per heavy atom. The van der Waals surface area contributed by atoms with Crippen LogP contribution in [0.3, 0.4) is 0 Å². The Balaban J connectivity index is 2.12. The predicted molar refractivity (Wildman–Crippen MR) is 155 cm³/mol. The summed E-state index contributed by atoms with van der Waals surface area (Å²) in [6, 6.07) is 14.3. The van der Waals surface area contributed by atoms with E-state index < -0.39 is 40.2 Å². The maximum atomic E-state index is 14.6. The minimum atomic E-state index is -4.34. The highest BCUT2D eigenvalue weighted by atomic mass is 32.2. The highest BCUT2D eigenvalue weighted by Gasteiger charge is 2.33. The van der Waals surface area contributed by atoms with Gasteiger partial charge in [-0.1, -0.05) is 24.3 Å². The summed E-state index contributed by atoms with van der Waals surface area (Å²) < 4.78 is 54.4. The number of rotatable bonds is 12. The monoisotopic (exact) mass is 585 g/mol. The molecule has 0 radical (unpaired) electrons. The first-order valence-electron chi connectivity index (χ1n) is 13.1. The van der Waals surface area contributed by atoms with Crippen molar-refractivity contribution in [1.29, 1.82) is 0 Å². The molecule has 3 aromatic carbocycles. The van der Waals surface area contributed by atoms with Crippen LogP contribution in [-0.4, -0.2) is 58.5 Å². The van der Waals surface area contributed by atoms with Crippen molar-refractivity contribution in [2.24, 2.45) is 0 Å². The van der Waals surface area contributed by atoms with E-state index >= 15 is 0 Å². The molecule has 0 aliphatic rings. The summed E-state index contributed by atoms with van der Waals surface area (Å²) in [6.45, 7) is 6.35. The van der Waals surface area contributed by atoms with Crippen LogP contribution < -0.4 is 19.1 Å². The molecule has 9 nitrogen and oxygen atoms in total. The minimum Gasteiger partial charge on any atom is -0.493 e. The van der Waals surface area contributed by atoms with Gasteiger partial charge in [-0.15, -0.1) is 0 Å². The molecule has 3 aromatic rings. The lowest BCUT2D eigenvalue weighted by Crippen LogP contribution is -2.51. The Morgan fingerprint density at radius 3 is 2.17 bits per heavy atom. The van der Waals surface area contributed by atoms with E-state index in [1.807, 2.05) is 19.9 Å². The van der Waals surface area contributed by atoms with Gasteiger partial charge < -0.3 is 19.7 Å². The first-order valence-corrected chi connectivity index (χ1v) is 14.5. The number of nitrogens with zero attached hydrogens (tertiary/aromatic N) is 2. The van der Waals surface area contributed by atoms with Crippen molar-refractivity contribution in [3.63, 3.8) is 0 Å². The number of methoxy groups -OCH3 is 2. The van der Waals surface area contributed by atoms with Gasteiger partial charge in [0.1, 0.15) is 18.4 Å². The molecule has 3 rings (SSSR count). The first-order chi connectivity index (χ1) is 19.4. The molecule has 1 atom stereocenters. The van der Waals surface area contributed by atoms with Crippen LogP contribution >= 0.6 is 0 Å². The number of hydrogen-bond donors (Lipinski definition) is 1. The lowest BCUT2D eigenvalue weighted by atomic mass is 10.1. The molecule has 0 aromatic heterocycles. The second-order valence-corrected chi connectivity index (χ2v) is 11.4. The molecule has 220 valence electrons. The van der Waals surface area contributed by atoms with Gasteiger partial charge in [0.2, 0.25) is 11.8 Å². The fraction of sp³-hybridized carbons (Fsp3) is 0.333. The number of carbonyl (C=O) groups excluding carboxylic acids is 2. The number of aryl methyl sites for hydroxylation is 2. The fourth-order valence-corrected chi connectivity index (χ4v) is 5.86. The SMILES string of the molecule is CCNC(=O)C(C)N(Cc1ccccc1F)C(=O)CN(c1cc(C)cc(C)c1)S(=O)(=O)c1ccc(OC)c(OC)c1. The summed E-state index contributed by atoms with van der Waals surface area (Å²) in [5.74, 6) is -1.13. The van der Waals surface area contributed by atoms with Crippen LogP contribution in [-0.2, 0) is 26.2 Å². The molecule has 41 heavy (non-hydrogen) atoms. The van der Waals surface area contributed by atoms with Gasteiger partial charge >= 0.3 is 0 Å². The molecule has 0 bridgehead atoms. The molecule has 0 aliphatic carbocycles. The summed E-state index contributed by atoms with van der Waals surface area (Å²) in [7, 11) is -1.51. The van der Waals surface area contributed by atoms with Gasteiger partial charge in [0.05, 0.1) is 24.8 Å². The topological polar surface area (TPSA) is 105 Å². The number of amides is 2. The number of hydrogen-bond acceptors (Lipinski definition) is 6. The summed E-state index contributed by atoms with van der Waals surface area (Å²) >= 11 is 0. The van der Waals surface area contributed by atoms with Crippen molar-refractivity contribution in [2.75, 3.05) is 31.6 Å². The molecule has 0 saturated heterocycles. The third-order valence-electron chi connectivity index (χ3n) is 6.53. The van der Waals surface area contributed by atoms with Crippen LogP contribution in [0, 0.1) is 19.7 Å². The second kappa shape index (κ2) is 13.5. The second-order valence-electron chi connectivity index (χ2n) is 9.56.